The summed E-state index contributed by atoms with van der Waals surface area (Å²) in [6, 6.07) is 19.6. The van der Waals surface area contributed by atoms with Crippen LogP contribution in [0.15, 0.2) is 77.4 Å². The molecule has 0 radical (unpaired) electrons. The number of nitrogens with zero attached hydrogens (tertiary/aromatic N) is 1. The first-order valence-electron chi connectivity index (χ1n) is 10.00. The molecular formula is C26H21NO5. The number of rotatable bonds is 5. The van der Waals surface area contributed by atoms with Crippen molar-refractivity contribution in [2.45, 2.75) is 13.8 Å². The van der Waals surface area contributed by atoms with Crippen LogP contribution in [0.2, 0.25) is 0 Å². The van der Waals surface area contributed by atoms with Gasteiger partial charge in [0.15, 0.2) is 17.2 Å². The third-order valence-corrected chi connectivity index (χ3v) is 4.98. The number of aliphatic imine (C=N–C) groups is 1. The van der Waals surface area contributed by atoms with Crippen LogP contribution in [0.3, 0.4) is 0 Å². The molecule has 6 heteroatoms. The van der Waals surface area contributed by atoms with Crippen LogP contribution in [-0.4, -0.2) is 24.9 Å². The van der Waals surface area contributed by atoms with E-state index in [0.29, 0.717) is 16.9 Å². The zero-order valence-electron chi connectivity index (χ0n) is 17.9. The van der Waals surface area contributed by atoms with E-state index in [9.17, 15) is 9.59 Å². The zero-order chi connectivity index (χ0) is 22.7. The lowest BCUT2D eigenvalue weighted by molar-refractivity contribution is -0.129. The number of hydrogen-bond acceptors (Lipinski definition) is 6. The molecule has 0 aliphatic carbocycles. The van der Waals surface area contributed by atoms with Crippen molar-refractivity contribution in [2.75, 3.05) is 7.11 Å². The molecule has 1 heterocycles. The number of carbonyl (C=O) groups is 2. The molecule has 3 aromatic rings. The van der Waals surface area contributed by atoms with E-state index in [1.54, 1.807) is 36.4 Å². The van der Waals surface area contributed by atoms with Crippen molar-refractivity contribution in [3.63, 3.8) is 0 Å². The molecule has 6 nitrogen and oxygen atoms in total. The molecule has 1 aliphatic rings. The predicted molar refractivity (Wildman–Crippen MR) is 121 cm³/mol. The number of hydrogen-bond donors (Lipinski definition) is 0. The van der Waals surface area contributed by atoms with Gasteiger partial charge in [-0.1, -0.05) is 42.0 Å². The minimum atomic E-state index is -0.530. The molecule has 1 aliphatic heterocycles. The molecule has 0 aromatic heterocycles. The summed E-state index contributed by atoms with van der Waals surface area (Å²) < 4.78 is 16.2. The standard InChI is InChI=1S/C26H21NO5/c1-16-8-11-19(12-9-16)25(28)31-22-13-10-18(15-23(22)30-3)14-21-26(29)32-24(27-21)20-7-5-4-6-17(20)2/h4-15H,1-3H3/b21-14-. The number of aryl methyl sites for hydroxylation is 2. The summed E-state index contributed by atoms with van der Waals surface area (Å²) in [6.07, 6.45) is 1.60. The monoisotopic (exact) mass is 427 g/mol. The number of ether oxygens (including phenoxy) is 3. The van der Waals surface area contributed by atoms with Crippen LogP contribution in [0, 0.1) is 13.8 Å². The Labute approximate surface area is 185 Å². The van der Waals surface area contributed by atoms with Crippen LogP contribution < -0.4 is 9.47 Å². The first-order chi connectivity index (χ1) is 15.4. The number of cyclic esters (lactones) is 1. The van der Waals surface area contributed by atoms with E-state index in [-0.39, 0.29) is 17.3 Å². The van der Waals surface area contributed by atoms with Gasteiger partial charge in [-0.2, -0.15) is 0 Å². The molecule has 0 amide bonds. The van der Waals surface area contributed by atoms with Gasteiger partial charge in [0.25, 0.3) is 0 Å². The fourth-order valence-corrected chi connectivity index (χ4v) is 3.20. The van der Waals surface area contributed by atoms with Crippen LogP contribution >= 0.6 is 0 Å². The number of esters is 2. The second-order valence-electron chi connectivity index (χ2n) is 7.32. The molecule has 0 unspecified atom stereocenters. The maximum Gasteiger partial charge on any atom is 0.363 e. The second kappa shape index (κ2) is 8.89. The summed E-state index contributed by atoms with van der Waals surface area (Å²) in [6.45, 7) is 3.87. The highest BCUT2D eigenvalue weighted by molar-refractivity contribution is 6.13. The smallest absolute Gasteiger partial charge is 0.363 e. The third kappa shape index (κ3) is 4.44. The van der Waals surface area contributed by atoms with E-state index < -0.39 is 11.9 Å². The Hall–Kier alpha value is -4.19. The fourth-order valence-electron chi connectivity index (χ4n) is 3.20. The van der Waals surface area contributed by atoms with E-state index in [1.807, 2.05) is 50.2 Å². The maximum absolute atomic E-state index is 12.4. The van der Waals surface area contributed by atoms with E-state index >= 15 is 0 Å². The molecule has 0 N–H and O–H groups in total. The van der Waals surface area contributed by atoms with Crippen LogP contribution in [0.4, 0.5) is 0 Å². The van der Waals surface area contributed by atoms with Crippen molar-refractivity contribution in [3.05, 3.63) is 100 Å². The highest BCUT2D eigenvalue weighted by Gasteiger charge is 2.25. The zero-order valence-corrected chi connectivity index (χ0v) is 17.9. The van der Waals surface area contributed by atoms with E-state index in [0.717, 1.165) is 16.7 Å². The van der Waals surface area contributed by atoms with Gasteiger partial charge in [-0.15, -0.1) is 0 Å². The first kappa shape index (κ1) is 21.1. The molecule has 0 saturated heterocycles. The molecule has 0 saturated carbocycles. The van der Waals surface area contributed by atoms with Crippen LogP contribution in [0.25, 0.3) is 6.08 Å². The van der Waals surface area contributed by atoms with Gasteiger partial charge in [0.1, 0.15) is 0 Å². The van der Waals surface area contributed by atoms with Crippen molar-refractivity contribution in [1.29, 1.82) is 0 Å². The predicted octanol–water partition coefficient (Wildman–Crippen LogP) is 4.88. The molecule has 32 heavy (non-hydrogen) atoms. The Morgan fingerprint density at radius 2 is 1.72 bits per heavy atom. The Bertz CT molecular complexity index is 1260. The topological polar surface area (TPSA) is 74.2 Å². The van der Waals surface area contributed by atoms with Crippen molar-refractivity contribution < 1.29 is 23.8 Å². The average Bonchev–Trinajstić information content (AvgIpc) is 3.15. The lowest BCUT2D eigenvalue weighted by atomic mass is 10.1. The molecule has 0 spiro atoms. The summed E-state index contributed by atoms with van der Waals surface area (Å²) in [5.41, 5.74) is 4.04. The molecule has 160 valence electrons. The summed E-state index contributed by atoms with van der Waals surface area (Å²) in [7, 11) is 1.48. The molecule has 0 atom stereocenters. The Kier molecular flexibility index (Phi) is 5.85. The van der Waals surface area contributed by atoms with Gasteiger partial charge in [-0.25, -0.2) is 14.6 Å². The quantitative estimate of drug-likeness (QED) is 0.330. The Morgan fingerprint density at radius 3 is 2.44 bits per heavy atom. The lowest BCUT2D eigenvalue weighted by Crippen LogP contribution is -2.09. The normalized spacial score (nSPS) is 14.2. The van der Waals surface area contributed by atoms with Gasteiger partial charge in [0.2, 0.25) is 5.90 Å². The van der Waals surface area contributed by atoms with Gasteiger partial charge in [-0.3, -0.25) is 0 Å². The summed E-state index contributed by atoms with van der Waals surface area (Å²) in [4.78, 5) is 29.1. The molecule has 0 fully saturated rings. The van der Waals surface area contributed by atoms with Gasteiger partial charge in [0.05, 0.1) is 12.7 Å². The minimum Gasteiger partial charge on any atom is -0.493 e. The summed E-state index contributed by atoms with van der Waals surface area (Å²) in [5, 5.41) is 0. The third-order valence-electron chi connectivity index (χ3n) is 4.98. The van der Waals surface area contributed by atoms with Crippen LogP contribution in [-0.2, 0) is 9.53 Å². The van der Waals surface area contributed by atoms with Crippen LogP contribution in [0.1, 0.15) is 32.6 Å². The number of benzene rings is 3. The van der Waals surface area contributed by atoms with Gasteiger partial charge >= 0.3 is 11.9 Å². The van der Waals surface area contributed by atoms with Crippen LogP contribution in [0.5, 0.6) is 11.5 Å². The Balaban J connectivity index is 1.58. The van der Waals surface area contributed by atoms with E-state index in [1.165, 1.54) is 7.11 Å². The summed E-state index contributed by atoms with van der Waals surface area (Å²) in [5.74, 6) is -0.110. The molecule has 4 rings (SSSR count). The largest absolute Gasteiger partial charge is 0.493 e. The molecular weight excluding hydrogens is 406 g/mol. The number of carbonyl (C=O) groups excluding carboxylic acids is 2. The fraction of sp³-hybridized carbons (Fsp3) is 0.115. The van der Waals surface area contributed by atoms with Gasteiger partial charge in [0, 0.05) is 5.56 Å². The number of methoxy groups -OCH3 is 1. The lowest BCUT2D eigenvalue weighted by Gasteiger charge is -2.10. The second-order valence-corrected chi connectivity index (χ2v) is 7.32. The van der Waals surface area contributed by atoms with E-state index in [4.69, 9.17) is 14.2 Å². The SMILES string of the molecule is COc1cc(/C=C2\N=C(c3ccccc3C)OC2=O)ccc1OC(=O)c1ccc(C)cc1. The molecule has 3 aromatic carbocycles. The van der Waals surface area contributed by atoms with Crippen molar-refractivity contribution in [3.8, 4) is 11.5 Å². The maximum atomic E-state index is 12.4. The van der Waals surface area contributed by atoms with E-state index in [2.05, 4.69) is 4.99 Å². The van der Waals surface area contributed by atoms with Crippen molar-refractivity contribution in [2.24, 2.45) is 4.99 Å². The average molecular weight is 427 g/mol. The Morgan fingerprint density at radius 1 is 0.969 bits per heavy atom. The van der Waals surface area contributed by atoms with Gasteiger partial charge in [-0.05, 0) is 61.4 Å². The van der Waals surface area contributed by atoms with Crippen molar-refractivity contribution >= 4 is 23.9 Å². The minimum absolute atomic E-state index is 0.176. The summed E-state index contributed by atoms with van der Waals surface area (Å²) >= 11 is 0. The highest BCUT2D eigenvalue weighted by Crippen LogP contribution is 2.30. The first-order valence-corrected chi connectivity index (χ1v) is 10.00. The van der Waals surface area contributed by atoms with Crippen molar-refractivity contribution in [1.82, 2.24) is 0 Å². The molecule has 0 bridgehead atoms. The van der Waals surface area contributed by atoms with Gasteiger partial charge < -0.3 is 14.2 Å². The highest BCUT2D eigenvalue weighted by atomic mass is 16.6.